The molecule has 0 radical (unpaired) electrons. The van der Waals surface area contributed by atoms with Crippen LogP contribution in [0, 0.1) is 5.92 Å². The highest BCUT2D eigenvalue weighted by atomic mass is 127. The van der Waals surface area contributed by atoms with E-state index in [1.54, 1.807) is 12.1 Å². The normalized spacial score (nSPS) is 16.3. The van der Waals surface area contributed by atoms with Gasteiger partial charge in [0.1, 0.15) is 0 Å². The van der Waals surface area contributed by atoms with Gasteiger partial charge in [0.25, 0.3) is 0 Å². The first-order chi connectivity index (χ1) is 13.2. The van der Waals surface area contributed by atoms with Gasteiger partial charge >= 0.3 is 0 Å². The zero-order valence-electron chi connectivity index (χ0n) is 16.5. The molecule has 0 spiro atoms. The van der Waals surface area contributed by atoms with Gasteiger partial charge in [-0.25, -0.2) is 0 Å². The number of nitrogens with zero attached hydrogens (tertiary/aromatic N) is 1. The Balaban J connectivity index is 0.00000392. The predicted molar refractivity (Wildman–Crippen MR) is 125 cm³/mol. The molecule has 0 bridgehead atoms. The van der Waals surface area contributed by atoms with Crippen molar-refractivity contribution in [3.8, 4) is 0 Å². The summed E-state index contributed by atoms with van der Waals surface area (Å²) in [6.07, 6.45) is 2.46. The number of rotatable bonds is 10. The zero-order chi connectivity index (χ0) is 19.3. The average molecular weight is 526 g/mol. The Morgan fingerprint density at radius 3 is 2.68 bits per heavy atom. The van der Waals surface area contributed by atoms with E-state index in [1.165, 1.54) is 0 Å². The number of benzene rings is 1. The molecule has 1 fully saturated rings. The fraction of sp³-hybridized carbons (Fsp3) is 0.650. The fourth-order valence-electron chi connectivity index (χ4n) is 2.85. The summed E-state index contributed by atoms with van der Waals surface area (Å²) in [6, 6.07) is 7.18. The molecule has 1 unspecified atom stereocenters. The van der Waals surface area contributed by atoms with Gasteiger partial charge in [0.05, 0.1) is 12.6 Å². The minimum Gasteiger partial charge on any atom is -0.386 e. The highest BCUT2D eigenvalue weighted by Gasteiger charge is 2.13. The number of hydrogen-bond acceptors (Lipinski definition) is 4. The Bertz CT molecular complexity index is 554. The topological polar surface area (TPSA) is 75.1 Å². The van der Waals surface area contributed by atoms with E-state index >= 15 is 0 Å². The summed E-state index contributed by atoms with van der Waals surface area (Å²) in [7, 11) is 0. The Hall–Kier alpha value is -0.610. The van der Waals surface area contributed by atoms with Crippen molar-refractivity contribution in [3.63, 3.8) is 0 Å². The van der Waals surface area contributed by atoms with Crippen molar-refractivity contribution < 1.29 is 14.6 Å². The maximum atomic E-state index is 10.3. The average Bonchev–Trinajstić information content (AvgIpc) is 2.69. The van der Waals surface area contributed by atoms with Crippen LogP contribution in [-0.4, -0.2) is 57.1 Å². The molecule has 1 saturated heterocycles. The Morgan fingerprint density at radius 2 is 2.00 bits per heavy atom. The molecule has 0 aromatic heterocycles. The van der Waals surface area contributed by atoms with Crippen molar-refractivity contribution in [3.05, 3.63) is 34.9 Å². The van der Waals surface area contributed by atoms with Crippen LogP contribution in [0.15, 0.2) is 29.3 Å². The molecule has 0 aliphatic carbocycles. The fourth-order valence-corrected chi connectivity index (χ4v) is 2.98. The van der Waals surface area contributed by atoms with Crippen LogP contribution in [0.4, 0.5) is 0 Å². The van der Waals surface area contributed by atoms with Crippen LogP contribution in [0.25, 0.3) is 0 Å². The summed E-state index contributed by atoms with van der Waals surface area (Å²) < 4.78 is 11.1. The molecule has 6 nitrogen and oxygen atoms in total. The lowest BCUT2D eigenvalue weighted by Crippen LogP contribution is -2.38. The van der Waals surface area contributed by atoms with E-state index in [1.807, 2.05) is 19.1 Å². The molecule has 0 saturated carbocycles. The summed E-state index contributed by atoms with van der Waals surface area (Å²) >= 11 is 5.88. The second-order valence-corrected chi connectivity index (χ2v) is 7.13. The van der Waals surface area contributed by atoms with Crippen LogP contribution in [0.5, 0.6) is 0 Å². The lowest BCUT2D eigenvalue weighted by Gasteiger charge is -2.21. The number of aliphatic hydroxyl groups is 1. The molecule has 1 aliphatic rings. The summed E-state index contributed by atoms with van der Waals surface area (Å²) in [6.45, 7) is 7.13. The quantitative estimate of drug-likeness (QED) is 0.189. The van der Waals surface area contributed by atoms with Crippen LogP contribution < -0.4 is 10.6 Å². The van der Waals surface area contributed by atoms with Crippen molar-refractivity contribution in [1.82, 2.24) is 10.6 Å². The number of ether oxygens (including phenoxy) is 2. The predicted octanol–water partition coefficient (Wildman–Crippen LogP) is 3.38. The van der Waals surface area contributed by atoms with Crippen LogP contribution in [0.3, 0.4) is 0 Å². The van der Waals surface area contributed by atoms with Crippen molar-refractivity contribution >= 4 is 41.5 Å². The van der Waals surface area contributed by atoms with E-state index in [-0.39, 0.29) is 30.5 Å². The van der Waals surface area contributed by atoms with Gasteiger partial charge in [0, 0.05) is 44.5 Å². The van der Waals surface area contributed by atoms with Crippen LogP contribution in [0.1, 0.15) is 37.9 Å². The van der Waals surface area contributed by atoms with Crippen LogP contribution in [-0.2, 0) is 9.47 Å². The van der Waals surface area contributed by atoms with Crippen molar-refractivity contribution in [2.24, 2.45) is 10.9 Å². The highest BCUT2D eigenvalue weighted by Crippen LogP contribution is 2.16. The first-order valence-corrected chi connectivity index (χ1v) is 10.2. The molecule has 1 aromatic carbocycles. The molecule has 1 heterocycles. The molecule has 3 N–H and O–H groups in total. The molecule has 0 amide bonds. The monoisotopic (exact) mass is 525 g/mol. The third-order valence-corrected chi connectivity index (χ3v) is 4.73. The van der Waals surface area contributed by atoms with E-state index < -0.39 is 6.10 Å². The van der Waals surface area contributed by atoms with Crippen LogP contribution >= 0.6 is 35.6 Å². The molecule has 1 aromatic rings. The molecule has 28 heavy (non-hydrogen) atoms. The SMILES string of the molecule is CCNC(=NCC(O)c1ccc(Cl)cc1)NCCCOCC1CCOCC1.I. The third kappa shape index (κ3) is 10.2. The number of guanidine groups is 1. The highest BCUT2D eigenvalue weighted by molar-refractivity contribution is 14.0. The maximum absolute atomic E-state index is 10.3. The lowest BCUT2D eigenvalue weighted by atomic mass is 10.0. The number of aliphatic imine (C=N–C) groups is 1. The minimum absolute atomic E-state index is 0. The van der Waals surface area contributed by atoms with Gasteiger partial charge in [-0.1, -0.05) is 23.7 Å². The molecule has 1 atom stereocenters. The number of nitrogens with one attached hydrogen (secondary N) is 2. The molecular formula is C20H33ClIN3O3. The van der Waals surface area contributed by atoms with Gasteiger partial charge in [0.15, 0.2) is 5.96 Å². The van der Waals surface area contributed by atoms with E-state index in [9.17, 15) is 5.11 Å². The minimum atomic E-state index is -0.652. The van der Waals surface area contributed by atoms with E-state index in [4.69, 9.17) is 21.1 Å². The summed E-state index contributed by atoms with van der Waals surface area (Å²) in [4.78, 5) is 4.46. The second-order valence-electron chi connectivity index (χ2n) is 6.70. The summed E-state index contributed by atoms with van der Waals surface area (Å²) in [5.74, 6) is 1.34. The zero-order valence-corrected chi connectivity index (χ0v) is 19.6. The van der Waals surface area contributed by atoms with E-state index in [0.29, 0.717) is 16.9 Å². The first-order valence-electron chi connectivity index (χ1n) is 9.80. The van der Waals surface area contributed by atoms with Crippen molar-refractivity contribution in [1.29, 1.82) is 0 Å². The standard InChI is InChI=1S/C20H32ClN3O3.HI/c1-2-22-20(24-14-19(25)17-4-6-18(21)7-5-17)23-10-3-11-27-15-16-8-12-26-13-9-16;/h4-7,16,19,25H,2-3,8-15H2,1H3,(H2,22,23,24);1H. The summed E-state index contributed by atoms with van der Waals surface area (Å²) in [5.41, 5.74) is 0.806. The first kappa shape index (κ1) is 25.4. The Kier molecular flexibility index (Phi) is 13.9. The van der Waals surface area contributed by atoms with Crippen molar-refractivity contribution in [2.45, 2.75) is 32.3 Å². The number of halogens is 2. The molecular weight excluding hydrogens is 493 g/mol. The van der Waals surface area contributed by atoms with Gasteiger partial charge in [-0.15, -0.1) is 24.0 Å². The number of hydrogen-bond donors (Lipinski definition) is 3. The molecule has 8 heteroatoms. The number of aliphatic hydroxyl groups excluding tert-OH is 1. The molecule has 2 rings (SSSR count). The van der Waals surface area contributed by atoms with Crippen molar-refractivity contribution in [2.75, 3.05) is 46.1 Å². The van der Waals surface area contributed by atoms with Gasteiger partial charge in [-0.2, -0.15) is 0 Å². The lowest BCUT2D eigenvalue weighted by molar-refractivity contribution is 0.0203. The van der Waals surface area contributed by atoms with E-state index in [2.05, 4.69) is 15.6 Å². The van der Waals surface area contributed by atoms with Gasteiger partial charge in [0.2, 0.25) is 0 Å². The smallest absolute Gasteiger partial charge is 0.191 e. The maximum Gasteiger partial charge on any atom is 0.191 e. The van der Waals surface area contributed by atoms with Gasteiger partial charge < -0.3 is 25.2 Å². The van der Waals surface area contributed by atoms with Crippen LogP contribution in [0.2, 0.25) is 5.02 Å². The second kappa shape index (κ2) is 15.3. The van der Waals surface area contributed by atoms with Gasteiger partial charge in [-0.3, -0.25) is 4.99 Å². The third-order valence-electron chi connectivity index (χ3n) is 4.47. The largest absolute Gasteiger partial charge is 0.386 e. The van der Waals surface area contributed by atoms with E-state index in [0.717, 1.165) is 64.3 Å². The molecule has 1 aliphatic heterocycles. The van der Waals surface area contributed by atoms with Gasteiger partial charge in [-0.05, 0) is 49.8 Å². The Morgan fingerprint density at radius 1 is 1.29 bits per heavy atom. The summed E-state index contributed by atoms with van der Waals surface area (Å²) in [5, 5.41) is 17.4. The molecule has 160 valence electrons. The Labute approximate surface area is 190 Å².